The maximum absolute atomic E-state index is 9.00. The van der Waals surface area contributed by atoms with Gasteiger partial charge in [0, 0.05) is 12.1 Å². The smallest absolute Gasteiger partial charge is 0.132 e. The van der Waals surface area contributed by atoms with Crippen molar-refractivity contribution < 1.29 is 9.47 Å². The van der Waals surface area contributed by atoms with Gasteiger partial charge in [0.05, 0.1) is 18.7 Å². The highest BCUT2D eigenvalue weighted by Gasteiger charge is 2.06. The van der Waals surface area contributed by atoms with Gasteiger partial charge in [-0.25, -0.2) is 0 Å². The second kappa shape index (κ2) is 6.78. The van der Waals surface area contributed by atoms with Crippen LogP contribution in [-0.4, -0.2) is 7.11 Å². The Morgan fingerprint density at radius 3 is 2.33 bits per heavy atom. The molecule has 0 heterocycles. The Hall–Kier alpha value is -2.51. The van der Waals surface area contributed by atoms with Gasteiger partial charge >= 0.3 is 0 Å². The SMILES string of the molecule is CC[C@H](N)c1ccc(Oc2cc(C#N)cc(OC)c2)cc1. The molecule has 108 valence electrons. The molecule has 2 aromatic carbocycles. The Morgan fingerprint density at radius 2 is 1.76 bits per heavy atom. The molecule has 2 N–H and O–H groups in total. The zero-order chi connectivity index (χ0) is 15.2. The van der Waals surface area contributed by atoms with Crippen LogP contribution in [0.25, 0.3) is 0 Å². The van der Waals surface area contributed by atoms with Gasteiger partial charge in [0.25, 0.3) is 0 Å². The van der Waals surface area contributed by atoms with Gasteiger partial charge in [0.1, 0.15) is 17.2 Å². The van der Waals surface area contributed by atoms with E-state index in [-0.39, 0.29) is 6.04 Å². The Balaban J connectivity index is 2.20. The Morgan fingerprint density at radius 1 is 1.10 bits per heavy atom. The van der Waals surface area contributed by atoms with Gasteiger partial charge in [-0.05, 0) is 36.2 Å². The number of hydrogen-bond donors (Lipinski definition) is 1. The molecule has 0 unspecified atom stereocenters. The minimum absolute atomic E-state index is 0.0426. The average Bonchev–Trinajstić information content (AvgIpc) is 2.54. The van der Waals surface area contributed by atoms with Gasteiger partial charge in [-0.3, -0.25) is 0 Å². The van der Waals surface area contributed by atoms with Crippen molar-refractivity contribution in [3.05, 3.63) is 53.6 Å². The minimum Gasteiger partial charge on any atom is -0.497 e. The molecule has 0 spiro atoms. The fraction of sp³-hybridized carbons (Fsp3) is 0.235. The monoisotopic (exact) mass is 282 g/mol. The van der Waals surface area contributed by atoms with E-state index in [2.05, 4.69) is 13.0 Å². The van der Waals surface area contributed by atoms with Gasteiger partial charge in [-0.15, -0.1) is 0 Å². The van der Waals surface area contributed by atoms with E-state index < -0.39 is 0 Å². The van der Waals surface area contributed by atoms with Crippen LogP contribution in [0.3, 0.4) is 0 Å². The van der Waals surface area contributed by atoms with Crippen LogP contribution in [0.15, 0.2) is 42.5 Å². The van der Waals surface area contributed by atoms with E-state index in [0.29, 0.717) is 22.8 Å². The van der Waals surface area contributed by atoms with E-state index in [1.165, 1.54) is 0 Å². The fourth-order valence-corrected chi connectivity index (χ4v) is 1.97. The van der Waals surface area contributed by atoms with Crippen LogP contribution < -0.4 is 15.2 Å². The molecule has 2 aromatic rings. The summed E-state index contributed by atoms with van der Waals surface area (Å²) in [5.74, 6) is 1.85. The van der Waals surface area contributed by atoms with Crippen molar-refractivity contribution in [2.24, 2.45) is 5.73 Å². The van der Waals surface area contributed by atoms with Crippen molar-refractivity contribution >= 4 is 0 Å². The lowest BCUT2D eigenvalue weighted by atomic mass is 10.1. The number of nitrogens with zero attached hydrogens (tertiary/aromatic N) is 1. The van der Waals surface area contributed by atoms with Crippen LogP contribution in [0.5, 0.6) is 17.2 Å². The average molecular weight is 282 g/mol. The van der Waals surface area contributed by atoms with Gasteiger partial charge in [-0.1, -0.05) is 19.1 Å². The van der Waals surface area contributed by atoms with Crippen LogP contribution >= 0.6 is 0 Å². The van der Waals surface area contributed by atoms with Crippen molar-refractivity contribution in [2.45, 2.75) is 19.4 Å². The predicted octanol–water partition coefficient (Wildman–Crippen LogP) is 3.77. The molecule has 0 amide bonds. The molecule has 0 radical (unpaired) electrons. The van der Waals surface area contributed by atoms with E-state index in [9.17, 15) is 0 Å². The van der Waals surface area contributed by atoms with E-state index in [4.69, 9.17) is 20.5 Å². The molecule has 0 fully saturated rings. The number of nitrogens with two attached hydrogens (primary N) is 1. The van der Waals surface area contributed by atoms with E-state index in [1.807, 2.05) is 24.3 Å². The summed E-state index contributed by atoms with van der Waals surface area (Å²) in [4.78, 5) is 0. The molecule has 0 bridgehead atoms. The summed E-state index contributed by atoms with van der Waals surface area (Å²) in [5, 5.41) is 9.00. The van der Waals surface area contributed by atoms with Crippen molar-refractivity contribution in [3.8, 4) is 23.3 Å². The van der Waals surface area contributed by atoms with Crippen LogP contribution in [0.1, 0.15) is 30.5 Å². The largest absolute Gasteiger partial charge is 0.497 e. The minimum atomic E-state index is 0.0426. The molecule has 0 aliphatic rings. The highest BCUT2D eigenvalue weighted by atomic mass is 16.5. The highest BCUT2D eigenvalue weighted by molar-refractivity contribution is 5.45. The number of benzene rings is 2. The second-order valence-corrected chi connectivity index (χ2v) is 4.69. The van der Waals surface area contributed by atoms with Crippen molar-refractivity contribution in [1.29, 1.82) is 5.26 Å². The number of hydrogen-bond acceptors (Lipinski definition) is 4. The lowest BCUT2D eigenvalue weighted by Crippen LogP contribution is -2.07. The standard InChI is InChI=1S/C17H18N2O2/c1-3-17(19)13-4-6-14(7-5-13)21-16-9-12(11-18)8-15(10-16)20-2/h4-10,17H,3,19H2,1-2H3/t17-/m0/s1. The zero-order valence-corrected chi connectivity index (χ0v) is 12.2. The summed E-state index contributed by atoms with van der Waals surface area (Å²) in [5.41, 5.74) is 7.55. The summed E-state index contributed by atoms with van der Waals surface area (Å²) in [6.07, 6.45) is 0.890. The molecule has 0 aliphatic carbocycles. The van der Waals surface area contributed by atoms with Gasteiger partial charge in [-0.2, -0.15) is 5.26 Å². The summed E-state index contributed by atoms with van der Waals surface area (Å²) in [7, 11) is 1.56. The Bertz CT molecular complexity index is 645. The molecule has 1 atom stereocenters. The third-order valence-corrected chi connectivity index (χ3v) is 3.23. The van der Waals surface area contributed by atoms with Crippen LogP contribution in [0.4, 0.5) is 0 Å². The van der Waals surface area contributed by atoms with Crippen LogP contribution in [0.2, 0.25) is 0 Å². The number of rotatable bonds is 5. The van der Waals surface area contributed by atoms with Gasteiger partial charge in [0.15, 0.2) is 0 Å². The molecule has 0 saturated heterocycles. The van der Waals surface area contributed by atoms with Crippen molar-refractivity contribution in [1.82, 2.24) is 0 Å². The first-order valence-electron chi connectivity index (χ1n) is 6.79. The first-order chi connectivity index (χ1) is 10.2. The maximum atomic E-state index is 9.00. The molecular weight excluding hydrogens is 264 g/mol. The first-order valence-corrected chi connectivity index (χ1v) is 6.79. The highest BCUT2D eigenvalue weighted by Crippen LogP contribution is 2.28. The summed E-state index contributed by atoms with van der Waals surface area (Å²) in [6.45, 7) is 2.05. The van der Waals surface area contributed by atoms with E-state index in [1.54, 1.807) is 25.3 Å². The van der Waals surface area contributed by atoms with E-state index >= 15 is 0 Å². The molecule has 0 aromatic heterocycles. The fourth-order valence-electron chi connectivity index (χ4n) is 1.97. The number of methoxy groups -OCH3 is 1. The van der Waals surface area contributed by atoms with E-state index in [0.717, 1.165) is 12.0 Å². The third-order valence-electron chi connectivity index (χ3n) is 3.23. The van der Waals surface area contributed by atoms with Crippen molar-refractivity contribution in [3.63, 3.8) is 0 Å². The quantitative estimate of drug-likeness (QED) is 0.906. The van der Waals surface area contributed by atoms with Crippen LogP contribution in [0, 0.1) is 11.3 Å². The van der Waals surface area contributed by atoms with Crippen LogP contribution in [-0.2, 0) is 0 Å². The van der Waals surface area contributed by atoms with Gasteiger partial charge < -0.3 is 15.2 Å². The molecule has 0 saturated carbocycles. The number of ether oxygens (including phenoxy) is 2. The lowest BCUT2D eigenvalue weighted by Gasteiger charge is -2.11. The Labute approximate surface area is 124 Å². The third kappa shape index (κ3) is 3.74. The zero-order valence-electron chi connectivity index (χ0n) is 12.2. The molecule has 4 nitrogen and oxygen atoms in total. The molecule has 0 aliphatic heterocycles. The number of nitriles is 1. The summed E-state index contributed by atoms with van der Waals surface area (Å²) in [6, 6.07) is 14.9. The maximum Gasteiger partial charge on any atom is 0.132 e. The first kappa shape index (κ1) is 14.9. The Kier molecular flexibility index (Phi) is 4.81. The molecule has 4 heteroatoms. The molecule has 21 heavy (non-hydrogen) atoms. The topological polar surface area (TPSA) is 68.3 Å². The lowest BCUT2D eigenvalue weighted by molar-refractivity contribution is 0.409. The molecular formula is C17H18N2O2. The normalized spacial score (nSPS) is 11.5. The van der Waals surface area contributed by atoms with Gasteiger partial charge in [0.2, 0.25) is 0 Å². The molecule has 2 rings (SSSR count). The second-order valence-electron chi connectivity index (χ2n) is 4.69. The summed E-state index contributed by atoms with van der Waals surface area (Å²) >= 11 is 0. The van der Waals surface area contributed by atoms with Crippen molar-refractivity contribution in [2.75, 3.05) is 7.11 Å². The predicted molar refractivity (Wildman–Crippen MR) is 81.4 cm³/mol. The summed E-state index contributed by atoms with van der Waals surface area (Å²) < 4.78 is 10.9.